The van der Waals surface area contributed by atoms with Crippen molar-refractivity contribution in [2.45, 2.75) is 19.1 Å². The fraction of sp³-hybridized carbons (Fsp3) is 0.214. The molecule has 0 aliphatic rings. The Morgan fingerprint density at radius 3 is 2.52 bits per heavy atom. The number of aromatic nitrogens is 1. The molecular formula is C14H11BrF4N2. The molecule has 1 heterocycles. The minimum Gasteiger partial charge on any atom is -0.378 e. The van der Waals surface area contributed by atoms with Crippen LogP contribution in [0.15, 0.2) is 41.1 Å². The Morgan fingerprint density at radius 1 is 1.19 bits per heavy atom. The third kappa shape index (κ3) is 3.93. The lowest BCUT2D eigenvalue weighted by molar-refractivity contribution is -0.137. The van der Waals surface area contributed by atoms with Crippen molar-refractivity contribution in [2.24, 2.45) is 0 Å². The van der Waals surface area contributed by atoms with Gasteiger partial charge in [0.2, 0.25) is 0 Å². The van der Waals surface area contributed by atoms with Gasteiger partial charge in [-0.1, -0.05) is 15.9 Å². The van der Waals surface area contributed by atoms with Crippen LogP contribution >= 0.6 is 15.9 Å². The smallest absolute Gasteiger partial charge is 0.378 e. The third-order valence-corrected chi connectivity index (χ3v) is 3.38. The fourth-order valence-corrected chi connectivity index (χ4v) is 2.22. The van der Waals surface area contributed by atoms with Crippen LogP contribution in [0.25, 0.3) is 0 Å². The van der Waals surface area contributed by atoms with E-state index in [-0.39, 0.29) is 5.69 Å². The third-order valence-electron chi connectivity index (χ3n) is 2.89. The Kier molecular flexibility index (Phi) is 4.51. The van der Waals surface area contributed by atoms with E-state index < -0.39 is 23.6 Å². The predicted molar refractivity (Wildman–Crippen MR) is 75.4 cm³/mol. The van der Waals surface area contributed by atoms with Gasteiger partial charge in [-0.25, -0.2) is 4.39 Å². The van der Waals surface area contributed by atoms with Crippen LogP contribution in [0.2, 0.25) is 0 Å². The monoisotopic (exact) mass is 362 g/mol. The van der Waals surface area contributed by atoms with Gasteiger partial charge in [0.15, 0.2) is 0 Å². The second-order valence-corrected chi connectivity index (χ2v) is 5.41. The van der Waals surface area contributed by atoms with Crippen LogP contribution in [0, 0.1) is 5.82 Å². The van der Waals surface area contributed by atoms with Crippen molar-refractivity contribution >= 4 is 21.6 Å². The van der Waals surface area contributed by atoms with Crippen LogP contribution in [0.5, 0.6) is 0 Å². The quantitative estimate of drug-likeness (QED) is 0.761. The molecule has 1 unspecified atom stereocenters. The van der Waals surface area contributed by atoms with Gasteiger partial charge in [-0.15, -0.1) is 0 Å². The van der Waals surface area contributed by atoms with Crippen LogP contribution in [-0.2, 0) is 6.18 Å². The SMILES string of the molecule is CC(Nc1ccc(Br)cc1C(F)(F)F)c1cncc(F)c1. The molecule has 0 aliphatic heterocycles. The molecule has 0 bridgehead atoms. The number of alkyl halides is 3. The largest absolute Gasteiger partial charge is 0.418 e. The molecular weight excluding hydrogens is 352 g/mol. The Morgan fingerprint density at radius 2 is 1.90 bits per heavy atom. The van der Waals surface area contributed by atoms with E-state index in [0.29, 0.717) is 10.0 Å². The Balaban J connectivity index is 2.31. The van der Waals surface area contributed by atoms with Crippen molar-refractivity contribution in [1.29, 1.82) is 0 Å². The second kappa shape index (κ2) is 6.01. The summed E-state index contributed by atoms with van der Waals surface area (Å²) in [6, 6.07) is 4.55. The van der Waals surface area contributed by atoms with E-state index in [1.807, 2.05) is 0 Å². The summed E-state index contributed by atoms with van der Waals surface area (Å²) in [5, 5.41) is 2.74. The van der Waals surface area contributed by atoms with E-state index >= 15 is 0 Å². The van der Waals surface area contributed by atoms with Crippen molar-refractivity contribution in [1.82, 2.24) is 4.98 Å². The summed E-state index contributed by atoms with van der Waals surface area (Å²) in [5.41, 5.74) is -0.387. The highest BCUT2D eigenvalue weighted by molar-refractivity contribution is 9.10. The number of nitrogens with zero attached hydrogens (tertiary/aromatic N) is 1. The highest BCUT2D eigenvalue weighted by atomic mass is 79.9. The molecule has 1 aromatic carbocycles. The summed E-state index contributed by atoms with van der Waals surface area (Å²) in [7, 11) is 0. The molecule has 2 rings (SSSR count). The maximum atomic E-state index is 13.1. The summed E-state index contributed by atoms with van der Waals surface area (Å²) in [6.45, 7) is 1.64. The average Bonchev–Trinajstić information content (AvgIpc) is 2.39. The first-order chi connectivity index (χ1) is 9.77. The first-order valence-electron chi connectivity index (χ1n) is 6.01. The first-order valence-corrected chi connectivity index (χ1v) is 6.80. The molecule has 0 radical (unpaired) electrons. The molecule has 1 atom stereocenters. The number of pyridine rings is 1. The van der Waals surface area contributed by atoms with E-state index in [0.717, 1.165) is 12.3 Å². The maximum absolute atomic E-state index is 13.1. The first kappa shape index (κ1) is 15.8. The molecule has 2 aromatic rings. The van der Waals surface area contributed by atoms with Gasteiger partial charge in [-0.2, -0.15) is 13.2 Å². The number of benzene rings is 1. The van der Waals surface area contributed by atoms with Gasteiger partial charge >= 0.3 is 6.18 Å². The number of anilines is 1. The Hall–Kier alpha value is -1.63. The normalized spacial score (nSPS) is 13.0. The van der Waals surface area contributed by atoms with Gasteiger partial charge in [-0.3, -0.25) is 4.98 Å². The van der Waals surface area contributed by atoms with E-state index in [1.165, 1.54) is 24.4 Å². The van der Waals surface area contributed by atoms with Crippen LogP contribution < -0.4 is 5.32 Å². The van der Waals surface area contributed by atoms with Crippen LogP contribution in [0.1, 0.15) is 24.1 Å². The molecule has 2 nitrogen and oxygen atoms in total. The van der Waals surface area contributed by atoms with E-state index in [1.54, 1.807) is 6.92 Å². The minimum atomic E-state index is -4.48. The van der Waals surface area contributed by atoms with E-state index in [2.05, 4.69) is 26.2 Å². The lowest BCUT2D eigenvalue weighted by Gasteiger charge is -2.19. The van der Waals surface area contributed by atoms with Gasteiger partial charge < -0.3 is 5.32 Å². The zero-order valence-electron chi connectivity index (χ0n) is 10.9. The van der Waals surface area contributed by atoms with Crippen molar-refractivity contribution in [3.05, 3.63) is 58.1 Å². The van der Waals surface area contributed by atoms with Crippen molar-refractivity contribution in [3.8, 4) is 0 Å². The van der Waals surface area contributed by atoms with Gasteiger partial charge in [0.05, 0.1) is 17.8 Å². The zero-order valence-corrected chi connectivity index (χ0v) is 12.5. The molecule has 7 heteroatoms. The lowest BCUT2D eigenvalue weighted by atomic mass is 10.1. The minimum absolute atomic E-state index is 0.0672. The highest BCUT2D eigenvalue weighted by Gasteiger charge is 2.34. The number of rotatable bonds is 3. The Bertz CT molecular complexity index is 643. The molecule has 1 N–H and O–H groups in total. The topological polar surface area (TPSA) is 24.9 Å². The van der Waals surface area contributed by atoms with E-state index in [4.69, 9.17) is 0 Å². The maximum Gasteiger partial charge on any atom is 0.418 e. The summed E-state index contributed by atoms with van der Waals surface area (Å²) >= 11 is 3.02. The summed E-state index contributed by atoms with van der Waals surface area (Å²) in [4.78, 5) is 3.69. The summed E-state index contributed by atoms with van der Waals surface area (Å²) in [6.07, 6.45) is -2.03. The predicted octanol–water partition coefficient (Wildman–Crippen LogP) is 5.18. The molecule has 0 saturated carbocycles. The molecule has 0 amide bonds. The van der Waals surface area contributed by atoms with Crippen molar-refractivity contribution < 1.29 is 17.6 Å². The fourth-order valence-electron chi connectivity index (χ4n) is 1.86. The van der Waals surface area contributed by atoms with Gasteiger partial charge in [0.25, 0.3) is 0 Å². The van der Waals surface area contributed by atoms with Crippen molar-refractivity contribution in [2.75, 3.05) is 5.32 Å². The highest BCUT2D eigenvalue weighted by Crippen LogP contribution is 2.37. The average molecular weight is 363 g/mol. The van der Waals surface area contributed by atoms with Gasteiger partial charge in [-0.05, 0) is 36.8 Å². The molecule has 0 aliphatic carbocycles. The summed E-state index contributed by atoms with van der Waals surface area (Å²) in [5.74, 6) is -0.534. The van der Waals surface area contributed by atoms with Crippen LogP contribution in [0.3, 0.4) is 0 Å². The number of hydrogen-bond acceptors (Lipinski definition) is 2. The molecule has 1 aromatic heterocycles. The second-order valence-electron chi connectivity index (χ2n) is 4.49. The number of halogens is 5. The molecule has 0 saturated heterocycles. The van der Waals surface area contributed by atoms with Crippen LogP contribution in [0.4, 0.5) is 23.2 Å². The lowest BCUT2D eigenvalue weighted by Crippen LogP contribution is -2.14. The standard InChI is InChI=1S/C14H11BrF4N2/c1-8(9-4-11(16)7-20-6-9)21-13-3-2-10(15)5-12(13)14(17,18)19/h2-8,21H,1H3. The number of nitrogens with one attached hydrogen (secondary N) is 1. The van der Waals surface area contributed by atoms with Gasteiger partial charge in [0, 0.05) is 16.4 Å². The Labute approximate surface area is 127 Å². The number of hydrogen-bond donors (Lipinski definition) is 1. The zero-order chi connectivity index (χ0) is 15.6. The molecule has 0 spiro atoms. The summed E-state index contributed by atoms with van der Waals surface area (Å²) < 4.78 is 52.5. The van der Waals surface area contributed by atoms with Gasteiger partial charge in [0.1, 0.15) is 5.82 Å². The molecule has 112 valence electrons. The van der Waals surface area contributed by atoms with Crippen molar-refractivity contribution in [3.63, 3.8) is 0 Å². The van der Waals surface area contributed by atoms with E-state index in [9.17, 15) is 17.6 Å². The van der Waals surface area contributed by atoms with Crippen LogP contribution in [-0.4, -0.2) is 4.98 Å². The molecule has 0 fully saturated rings. The molecule has 21 heavy (non-hydrogen) atoms.